The topological polar surface area (TPSA) is 75.1 Å². The van der Waals surface area contributed by atoms with E-state index in [2.05, 4.69) is 9.72 Å². The minimum absolute atomic E-state index is 0.0892. The van der Waals surface area contributed by atoms with E-state index in [4.69, 9.17) is 33.0 Å². The summed E-state index contributed by atoms with van der Waals surface area (Å²) >= 11 is 12.5. The van der Waals surface area contributed by atoms with Gasteiger partial charge in [-0.25, -0.2) is 9.78 Å². The molecular formula is C19H18Cl2F3N3O4. The van der Waals surface area contributed by atoms with Crippen molar-refractivity contribution in [2.75, 3.05) is 25.0 Å². The summed E-state index contributed by atoms with van der Waals surface area (Å²) in [5, 5.41) is 9.24. The van der Waals surface area contributed by atoms with Gasteiger partial charge in [-0.05, 0) is 25.0 Å². The van der Waals surface area contributed by atoms with Crippen LogP contribution in [-0.2, 0) is 0 Å². The monoisotopic (exact) mass is 479 g/mol. The van der Waals surface area contributed by atoms with Crippen LogP contribution in [-0.4, -0.2) is 53.6 Å². The third kappa shape index (κ3) is 5.76. The summed E-state index contributed by atoms with van der Waals surface area (Å²) in [5.74, 6) is 0.309. The van der Waals surface area contributed by atoms with E-state index in [1.165, 1.54) is 30.3 Å². The van der Waals surface area contributed by atoms with Gasteiger partial charge in [0.25, 0.3) is 0 Å². The molecule has 1 aliphatic heterocycles. The Hall–Kier alpha value is -2.59. The molecule has 168 valence electrons. The average Bonchev–Trinajstić information content (AvgIpc) is 2.70. The number of hydrogen-bond donors (Lipinski definition) is 1. The summed E-state index contributed by atoms with van der Waals surface area (Å²) in [4.78, 5) is 18.6. The Morgan fingerprint density at radius 2 is 1.90 bits per heavy atom. The van der Waals surface area contributed by atoms with E-state index in [1.807, 2.05) is 4.90 Å². The Kier molecular flexibility index (Phi) is 6.90. The van der Waals surface area contributed by atoms with Gasteiger partial charge in [-0.2, -0.15) is 0 Å². The number of carbonyl (C=O) groups is 1. The van der Waals surface area contributed by atoms with E-state index < -0.39 is 18.2 Å². The van der Waals surface area contributed by atoms with Crippen molar-refractivity contribution in [2.24, 2.45) is 0 Å². The van der Waals surface area contributed by atoms with Crippen molar-refractivity contribution in [3.63, 3.8) is 0 Å². The number of pyridine rings is 1. The van der Waals surface area contributed by atoms with Gasteiger partial charge in [-0.1, -0.05) is 23.2 Å². The van der Waals surface area contributed by atoms with Crippen LogP contribution in [0.5, 0.6) is 17.2 Å². The number of amides is 1. The van der Waals surface area contributed by atoms with Crippen molar-refractivity contribution in [3.8, 4) is 17.2 Å². The van der Waals surface area contributed by atoms with Crippen LogP contribution in [0.2, 0.25) is 10.0 Å². The van der Waals surface area contributed by atoms with Gasteiger partial charge >= 0.3 is 12.5 Å². The molecule has 2 heterocycles. The number of rotatable bonds is 5. The first-order chi connectivity index (χ1) is 14.5. The fourth-order valence-corrected chi connectivity index (χ4v) is 3.69. The molecule has 3 rings (SSSR count). The van der Waals surface area contributed by atoms with Gasteiger partial charge in [0.15, 0.2) is 11.6 Å². The van der Waals surface area contributed by atoms with Crippen LogP contribution in [0.3, 0.4) is 0 Å². The molecule has 0 saturated carbocycles. The van der Waals surface area contributed by atoms with Crippen LogP contribution in [0.1, 0.15) is 12.8 Å². The van der Waals surface area contributed by atoms with Crippen molar-refractivity contribution in [1.82, 2.24) is 9.88 Å². The van der Waals surface area contributed by atoms with E-state index in [0.717, 1.165) is 12.1 Å². The van der Waals surface area contributed by atoms with Gasteiger partial charge in [0.2, 0.25) is 0 Å². The van der Waals surface area contributed by atoms with Gasteiger partial charge in [0.1, 0.15) is 16.5 Å². The van der Waals surface area contributed by atoms with Crippen molar-refractivity contribution >= 4 is 35.1 Å². The number of anilines is 1. The molecule has 31 heavy (non-hydrogen) atoms. The maximum atomic E-state index is 12.3. The minimum Gasteiger partial charge on any atom is -0.465 e. The molecule has 1 saturated heterocycles. The van der Waals surface area contributed by atoms with Crippen molar-refractivity contribution in [3.05, 3.63) is 40.5 Å². The van der Waals surface area contributed by atoms with Crippen LogP contribution in [0.4, 0.5) is 23.8 Å². The van der Waals surface area contributed by atoms with Gasteiger partial charge in [-0.3, -0.25) is 0 Å². The molecule has 2 aromatic rings. The Morgan fingerprint density at radius 3 is 2.48 bits per heavy atom. The molecule has 0 aliphatic carbocycles. The fourth-order valence-electron chi connectivity index (χ4n) is 3.22. The summed E-state index contributed by atoms with van der Waals surface area (Å²) in [7, 11) is 1.54. The number of alkyl halides is 3. The largest absolute Gasteiger partial charge is 0.573 e. The maximum Gasteiger partial charge on any atom is 0.573 e. The fraction of sp³-hybridized carbons (Fsp3) is 0.368. The van der Waals surface area contributed by atoms with E-state index in [1.54, 1.807) is 0 Å². The smallest absolute Gasteiger partial charge is 0.465 e. The molecule has 1 aliphatic rings. The number of hydrogen-bond acceptors (Lipinski definition) is 5. The first-order valence-electron chi connectivity index (χ1n) is 9.13. The molecule has 0 unspecified atom stereocenters. The predicted molar refractivity (Wildman–Crippen MR) is 108 cm³/mol. The second kappa shape index (κ2) is 9.27. The zero-order valence-electron chi connectivity index (χ0n) is 16.2. The number of aromatic nitrogens is 1. The second-order valence-corrected chi connectivity index (χ2v) is 7.59. The summed E-state index contributed by atoms with van der Waals surface area (Å²) in [6.45, 7) is 1.09. The Bertz CT molecular complexity index is 953. The lowest BCUT2D eigenvalue weighted by molar-refractivity contribution is -0.274. The third-order valence-corrected chi connectivity index (χ3v) is 5.46. The van der Waals surface area contributed by atoms with Crippen LogP contribution >= 0.6 is 23.2 Å². The molecule has 7 nitrogen and oxygen atoms in total. The summed E-state index contributed by atoms with van der Waals surface area (Å²) < 4.78 is 46.6. The van der Waals surface area contributed by atoms with Crippen LogP contribution in [0.25, 0.3) is 0 Å². The first kappa shape index (κ1) is 23.1. The molecular weight excluding hydrogens is 462 g/mol. The second-order valence-electron chi connectivity index (χ2n) is 6.80. The van der Waals surface area contributed by atoms with Crippen molar-refractivity contribution in [2.45, 2.75) is 25.2 Å². The average molecular weight is 480 g/mol. The SMILES string of the molecule is CN(C(=O)O)C1CCN(c2nccc(Oc3ccc(OC(F)(F)F)cc3Cl)c2Cl)CC1. The normalized spacial score (nSPS) is 15.0. The van der Waals surface area contributed by atoms with E-state index >= 15 is 0 Å². The number of nitrogens with zero attached hydrogens (tertiary/aromatic N) is 3. The number of ether oxygens (including phenoxy) is 2. The van der Waals surface area contributed by atoms with Gasteiger partial charge in [-0.15, -0.1) is 13.2 Å². The summed E-state index contributed by atoms with van der Waals surface area (Å²) in [6.07, 6.45) is -3.10. The lowest BCUT2D eigenvalue weighted by Gasteiger charge is -2.36. The molecule has 0 spiro atoms. The molecule has 1 N–H and O–H groups in total. The molecule has 1 fully saturated rings. The van der Waals surface area contributed by atoms with Crippen LogP contribution in [0, 0.1) is 0 Å². The van der Waals surface area contributed by atoms with Gasteiger partial charge in [0.05, 0.1) is 5.02 Å². The predicted octanol–water partition coefficient (Wildman–Crippen LogP) is 5.66. The molecule has 1 aromatic heterocycles. The molecule has 12 heteroatoms. The highest BCUT2D eigenvalue weighted by Gasteiger charge is 2.31. The maximum absolute atomic E-state index is 12.3. The van der Waals surface area contributed by atoms with Crippen LogP contribution in [0.15, 0.2) is 30.5 Å². The highest BCUT2D eigenvalue weighted by Crippen LogP contribution is 2.39. The standard InChI is InChI=1S/C19H18Cl2F3N3O4/c1-26(18(28)29)11-5-8-27(9-6-11)17-16(21)15(4-7-25-17)30-14-3-2-12(10-13(14)20)31-19(22,23)24/h2-4,7,10-11H,5-6,8-9H2,1H3,(H,28,29). The highest BCUT2D eigenvalue weighted by molar-refractivity contribution is 6.34. The number of piperidine rings is 1. The Labute approximate surface area is 185 Å². The number of benzene rings is 1. The Balaban J connectivity index is 1.73. The molecule has 0 bridgehead atoms. The lowest BCUT2D eigenvalue weighted by Crippen LogP contribution is -2.45. The van der Waals surface area contributed by atoms with Crippen molar-refractivity contribution < 1.29 is 32.5 Å². The molecule has 0 atom stereocenters. The zero-order chi connectivity index (χ0) is 22.8. The molecule has 1 amide bonds. The summed E-state index contributed by atoms with van der Waals surface area (Å²) in [6, 6.07) is 4.72. The molecule has 1 aromatic carbocycles. The van der Waals surface area contributed by atoms with E-state index in [-0.39, 0.29) is 27.6 Å². The van der Waals surface area contributed by atoms with E-state index in [9.17, 15) is 18.0 Å². The highest BCUT2D eigenvalue weighted by atomic mass is 35.5. The molecule has 0 radical (unpaired) electrons. The van der Waals surface area contributed by atoms with E-state index in [0.29, 0.717) is 31.7 Å². The number of halogens is 5. The minimum atomic E-state index is -4.83. The zero-order valence-corrected chi connectivity index (χ0v) is 17.7. The summed E-state index contributed by atoms with van der Waals surface area (Å²) in [5.41, 5.74) is 0. The first-order valence-corrected chi connectivity index (χ1v) is 9.89. The lowest BCUT2D eigenvalue weighted by atomic mass is 10.0. The third-order valence-electron chi connectivity index (χ3n) is 4.81. The van der Waals surface area contributed by atoms with Crippen LogP contribution < -0.4 is 14.4 Å². The quantitative estimate of drug-likeness (QED) is 0.596. The van der Waals surface area contributed by atoms with Crippen molar-refractivity contribution in [1.29, 1.82) is 0 Å². The Morgan fingerprint density at radius 1 is 1.23 bits per heavy atom. The van der Waals surface area contributed by atoms with Gasteiger partial charge < -0.3 is 24.4 Å². The van der Waals surface area contributed by atoms with Gasteiger partial charge in [0, 0.05) is 44.5 Å². The number of carboxylic acid groups (broad SMARTS) is 1.